The van der Waals surface area contributed by atoms with Gasteiger partial charge in [-0.3, -0.25) is 0 Å². The molecule has 1 nitrogen and oxygen atoms in total. The summed E-state index contributed by atoms with van der Waals surface area (Å²) < 4.78 is 1.33. The minimum absolute atomic E-state index is 0.451. The minimum Gasteiger partial charge on any atom is -0.311 e. The maximum atomic E-state index is 3.79. The summed E-state index contributed by atoms with van der Waals surface area (Å²) in [5, 5.41) is 3.79. The molecule has 0 spiro atoms. The van der Waals surface area contributed by atoms with E-state index in [1.807, 2.05) is 0 Å². The predicted molar refractivity (Wildman–Crippen MR) is 75.6 cm³/mol. The van der Waals surface area contributed by atoms with Crippen LogP contribution < -0.4 is 5.32 Å². The molecule has 86 valence electrons. The molecule has 1 aliphatic carbocycles. The van der Waals surface area contributed by atoms with Gasteiger partial charge in [-0.05, 0) is 84.9 Å². The molecular weight excluding hydrogens is 309 g/mol. The summed E-state index contributed by atoms with van der Waals surface area (Å²) in [5.41, 5.74) is 1.95. The summed E-state index contributed by atoms with van der Waals surface area (Å²) in [6.45, 7) is 1.22. The van der Waals surface area contributed by atoms with E-state index in [0.717, 1.165) is 5.92 Å². The zero-order valence-corrected chi connectivity index (χ0v) is 11.7. The van der Waals surface area contributed by atoms with Crippen molar-refractivity contribution >= 4 is 22.6 Å². The Hall–Kier alpha value is -0.0900. The van der Waals surface area contributed by atoms with Gasteiger partial charge in [0.05, 0.1) is 0 Å². The van der Waals surface area contributed by atoms with Crippen LogP contribution in [0.1, 0.15) is 31.2 Å². The van der Waals surface area contributed by atoms with E-state index >= 15 is 0 Å². The fourth-order valence-corrected chi connectivity index (χ4v) is 3.44. The lowest BCUT2D eigenvalue weighted by Crippen LogP contribution is -2.44. The molecule has 1 atom stereocenters. The lowest BCUT2D eigenvalue weighted by atomic mass is 9.85. The fraction of sp³-hybridized carbons (Fsp3) is 0.571. The van der Waals surface area contributed by atoms with Crippen molar-refractivity contribution < 1.29 is 0 Å². The van der Waals surface area contributed by atoms with Crippen LogP contribution in [0.25, 0.3) is 0 Å². The molecule has 0 radical (unpaired) electrons. The molecule has 1 aliphatic heterocycles. The maximum Gasteiger partial charge on any atom is 0.0250 e. The van der Waals surface area contributed by atoms with Crippen molar-refractivity contribution in [1.82, 2.24) is 5.32 Å². The fourth-order valence-electron chi connectivity index (χ4n) is 3.08. The highest BCUT2D eigenvalue weighted by molar-refractivity contribution is 14.1. The van der Waals surface area contributed by atoms with Crippen LogP contribution in [0, 0.1) is 9.49 Å². The molecule has 1 aromatic rings. The summed E-state index contributed by atoms with van der Waals surface area (Å²) in [5.74, 6) is 0.953. The summed E-state index contributed by atoms with van der Waals surface area (Å²) in [7, 11) is 0. The van der Waals surface area contributed by atoms with Crippen molar-refractivity contribution in [2.75, 3.05) is 6.54 Å². The van der Waals surface area contributed by atoms with Gasteiger partial charge in [0.2, 0.25) is 0 Å². The van der Waals surface area contributed by atoms with Crippen LogP contribution in [0.2, 0.25) is 0 Å². The SMILES string of the molecule is Ic1ccc(CC2(C3CC3)CCCN2)cc1. The molecular formula is C14H18IN. The summed E-state index contributed by atoms with van der Waals surface area (Å²) in [4.78, 5) is 0. The van der Waals surface area contributed by atoms with Crippen molar-refractivity contribution in [3.05, 3.63) is 33.4 Å². The number of halogens is 1. The standard InChI is InChI=1S/C14H18IN/c15-13-6-2-11(3-7-13)10-14(12-4-5-12)8-1-9-16-14/h2-3,6-7,12,16H,1,4-5,8-10H2. The van der Waals surface area contributed by atoms with Gasteiger partial charge in [-0.15, -0.1) is 0 Å². The third kappa shape index (κ3) is 2.14. The molecule has 1 N–H and O–H groups in total. The topological polar surface area (TPSA) is 12.0 Å². The van der Waals surface area contributed by atoms with Gasteiger partial charge in [0, 0.05) is 9.11 Å². The molecule has 1 saturated heterocycles. The highest BCUT2D eigenvalue weighted by Crippen LogP contribution is 2.45. The largest absolute Gasteiger partial charge is 0.311 e. The van der Waals surface area contributed by atoms with Gasteiger partial charge in [-0.2, -0.15) is 0 Å². The molecule has 2 heteroatoms. The lowest BCUT2D eigenvalue weighted by Gasteiger charge is -2.30. The van der Waals surface area contributed by atoms with E-state index in [2.05, 4.69) is 52.2 Å². The predicted octanol–water partition coefficient (Wildman–Crippen LogP) is 3.37. The van der Waals surface area contributed by atoms with Crippen LogP contribution in [0.4, 0.5) is 0 Å². The maximum absolute atomic E-state index is 3.79. The minimum atomic E-state index is 0.451. The van der Waals surface area contributed by atoms with Crippen LogP contribution in [-0.4, -0.2) is 12.1 Å². The molecule has 1 aromatic carbocycles. The number of benzene rings is 1. The van der Waals surface area contributed by atoms with E-state index in [0.29, 0.717) is 5.54 Å². The van der Waals surface area contributed by atoms with E-state index in [-0.39, 0.29) is 0 Å². The zero-order chi connectivity index (χ0) is 11.0. The molecule has 1 saturated carbocycles. The van der Waals surface area contributed by atoms with E-state index in [1.54, 1.807) is 0 Å². The summed E-state index contributed by atoms with van der Waals surface area (Å²) >= 11 is 2.37. The Morgan fingerprint density at radius 3 is 2.56 bits per heavy atom. The molecule has 1 unspecified atom stereocenters. The van der Waals surface area contributed by atoms with Gasteiger partial charge in [-0.1, -0.05) is 12.1 Å². The van der Waals surface area contributed by atoms with Crippen LogP contribution in [0.15, 0.2) is 24.3 Å². The molecule has 16 heavy (non-hydrogen) atoms. The van der Waals surface area contributed by atoms with Gasteiger partial charge < -0.3 is 5.32 Å². The Bertz CT molecular complexity index is 361. The van der Waals surface area contributed by atoms with Crippen molar-refractivity contribution in [3.8, 4) is 0 Å². The molecule has 0 aromatic heterocycles. The van der Waals surface area contributed by atoms with E-state index < -0.39 is 0 Å². The third-order valence-electron chi connectivity index (χ3n) is 4.07. The first kappa shape index (κ1) is 11.0. The van der Waals surface area contributed by atoms with Crippen molar-refractivity contribution in [2.24, 2.45) is 5.92 Å². The van der Waals surface area contributed by atoms with Crippen LogP contribution in [0.5, 0.6) is 0 Å². The van der Waals surface area contributed by atoms with Crippen LogP contribution in [-0.2, 0) is 6.42 Å². The number of rotatable bonds is 3. The zero-order valence-electron chi connectivity index (χ0n) is 9.51. The second kappa shape index (κ2) is 4.30. The first-order chi connectivity index (χ1) is 7.78. The van der Waals surface area contributed by atoms with Crippen molar-refractivity contribution in [2.45, 2.75) is 37.6 Å². The molecule has 3 rings (SSSR count). The smallest absolute Gasteiger partial charge is 0.0250 e. The second-order valence-corrected chi connectivity index (χ2v) is 6.51. The third-order valence-corrected chi connectivity index (χ3v) is 4.79. The van der Waals surface area contributed by atoms with E-state index in [4.69, 9.17) is 0 Å². The van der Waals surface area contributed by atoms with Gasteiger partial charge >= 0.3 is 0 Å². The first-order valence-corrected chi connectivity index (χ1v) is 7.36. The van der Waals surface area contributed by atoms with Gasteiger partial charge in [0.15, 0.2) is 0 Å². The number of nitrogens with one attached hydrogen (secondary N) is 1. The Kier molecular flexibility index (Phi) is 2.96. The first-order valence-electron chi connectivity index (χ1n) is 6.28. The Morgan fingerprint density at radius 1 is 1.25 bits per heavy atom. The Balaban J connectivity index is 1.78. The molecule has 0 amide bonds. The Labute approximate surface area is 111 Å². The van der Waals surface area contributed by atoms with Gasteiger partial charge in [0.1, 0.15) is 0 Å². The van der Waals surface area contributed by atoms with Gasteiger partial charge in [-0.25, -0.2) is 0 Å². The summed E-state index contributed by atoms with van der Waals surface area (Å²) in [6, 6.07) is 9.05. The van der Waals surface area contributed by atoms with Crippen molar-refractivity contribution in [1.29, 1.82) is 0 Å². The van der Waals surface area contributed by atoms with Crippen molar-refractivity contribution in [3.63, 3.8) is 0 Å². The Morgan fingerprint density at radius 2 is 2.00 bits per heavy atom. The molecule has 0 bridgehead atoms. The van der Waals surface area contributed by atoms with E-state index in [1.165, 1.54) is 47.8 Å². The number of hydrogen-bond donors (Lipinski definition) is 1. The normalized spacial score (nSPS) is 29.6. The summed E-state index contributed by atoms with van der Waals surface area (Å²) in [6.07, 6.45) is 6.86. The van der Waals surface area contributed by atoms with Crippen LogP contribution >= 0.6 is 22.6 Å². The van der Waals surface area contributed by atoms with E-state index in [9.17, 15) is 0 Å². The number of hydrogen-bond acceptors (Lipinski definition) is 1. The molecule has 2 aliphatic rings. The second-order valence-electron chi connectivity index (χ2n) is 5.26. The van der Waals surface area contributed by atoms with Crippen LogP contribution in [0.3, 0.4) is 0 Å². The quantitative estimate of drug-likeness (QED) is 0.840. The molecule has 1 heterocycles. The average Bonchev–Trinajstić information content (AvgIpc) is 3.05. The monoisotopic (exact) mass is 327 g/mol. The highest BCUT2D eigenvalue weighted by Gasteiger charge is 2.46. The molecule has 2 fully saturated rings. The lowest BCUT2D eigenvalue weighted by molar-refractivity contribution is 0.323. The average molecular weight is 327 g/mol. The van der Waals surface area contributed by atoms with Gasteiger partial charge in [0.25, 0.3) is 0 Å². The highest BCUT2D eigenvalue weighted by atomic mass is 127.